The summed E-state index contributed by atoms with van der Waals surface area (Å²) in [5.41, 5.74) is 1.23. The molecule has 0 radical (unpaired) electrons. The monoisotopic (exact) mass is 395 g/mol. The summed E-state index contributed by atoms with van der Waals surface area (Å²) >= 11 is 0. The summed E-state index contributed by atoms with van der Waals surface area (Å²) in [6, 6.07) is 5.41. The first-order chi connectivity index (χ1) is 12.7. The zero-order valence-electron chi connectivity index (χ0n) is 15.0. The second kappa shape index (κ2) is 7.67. The predicted molar refractivity (Wildman–Crippen MR) is 97.5 cm³/mol. The summed E-state index contributed by atoms with van der Waals surface area (Å²) in [5, 5.41) is 16.0. The van der Waals surface area contributed by atoms with Gasteiger partial charge >= 0.3 is 0 Å². The molecule has 2 heterocycles. The quantitative estimate of drug-likeness (QED) is 0.779. The first-order valence-electron chi connectivity index (χ1n) is 8.72. The Kier molecular flexibility index (Phi) is 5.50. The molecule has 0 saturated carbocycles. The van der Waals surface area contributed by atoms with Gasteiger partial charge in [0, 0.05) is 30.4 Å². The van der Waals surface area contributed by atoms with Gasteiger partial charge in [-0.05, 0) is 37.8 Å². The molecule has 9 heteroatoms. The Labute approximate surface area is 157 Å². The van der Waals surface area contributed by atoms with E-state index in [1.54, 1.807) is 13.0 Å². The van der Waals surface area contributed by atoms with Crippen molar-refractivity contribution in [1.82, 2.24) is 15.1 Å². The van der Waals surface area contributed by atoms with Crippen molar-refractivity contribution in [2.45, 2.75) is 26.3 Å². The molecule has 0 bridgehead atoms. The highest BCUT2D eigenvalue weighted by atomic mass is 32.2. The van der Waals surface area contributed by atoms with Crippen LogP contribution in [-0.4, -0.2) is 52.6 Å². The van der Waals surface area contributed by atoms with E-state index in [9.17, 15) is 22.7 Å². The Morgan fingerprint density at radius 1 is 1.41 bits per heavy atom. The Bertz CT molecular complexity index is 942. The largest absolute Gasteiger partial charge is 0.508 e. The van der Waals surface area contributed by atoms with Crippen LogP contribution in [-0.2, 0) is 16.4 Å². The van der Waals surface area contributed by atoms with Crippen molar-refractivity contribution in [3.8, 4) is 5.75 Å². The van der Waals surface area contributed by atoms with Gasteiger partial charge in [0.2, 0.25) is 0 Å². The van der Waals surface area contributed by atoms with Gasteiger partial charge in [0.1, 0.15) is 17.3 Å². The average Bonchev–Trinajstić information content (AvgIpc) is 3.18. The van der Waals surface area contributed by atoms with Gasteiger partial charge in [-0.15, -0.1) is 0 Å². The fraction of sp³-hybridized carbons (Fsp3) is 0.444. The van der Waals surface area contributed by atoms with Crippen molar-refractivity contribution in [3.05, 3.63) is 47.0 Å². The van der Waals surface area contributed by atoms with Crippen LogP contribution >= 0.6 is 0 Å². The summed E-state index contributed by atoms with van der Waals surface area (Å²) in [6.45, 7) is 2.08. The molecule has 2 N–H and O–H groups in total. The molecule has 0 aliphatic carbocycles. The molecule has 0 spiro atoms. The molecule has 2 aromatic rings. The van der Waals surface area contributed by atoms with E-state index in [1.807, 2.05) is 0 Å². The molecule has 27 heavy (non-hydrogen) atoms. The molecule has 1 amide bonds. The van der Waals surface area contributed by atoms with E-state index in [0.29, 0.717) is 19.4 Å². The zero-order valence-corrected chi connectivity index (χ0v) is 15.8. The number of halogens is 1. The lowest BCUT2D eigenvalue weighted by molar-refractivity contribution is 0.0727. The number of hydrogen-bond donors (Lipinski definition) is 2. The van der Waals surface area contributed by atoms with Crippen LogP contribution in [0.15, 0.2) is 24.3 Å². The fourth-order valence-corrected chi connectivity index (χ4v) is 5.16. The Morgan fingerprint density at radius 3 is 2.78 bits per heavy atom. The van der Waals surface area contributed by atoms with Crippen LogP contribution in [0.4, 0.5) is 4.39 Å². The molecule has 1 saturated heterocycles. The molecule has 1 aliphatic rings. The minimum Gasteiger partial charge on any atom is -0.508 e. The van der Waals surface area contributed by atoms with Gasteiger partial charge in [0.25, 0.3) is 5.91 Å². The number of hydrogen-bond acceptors (Lipinski definition) is 5. The SMILES string of the molecule is Cc1cc(C(=O)N(CCC2CCS(=O)(=O)C2)Cc2ccc(O)cc2F)n[nH]1. The summed E-state index contributed by atoms with van der Waals surface area (Å²) in [6.07, 6.45) is 1.10. The number of rotatable bonds is 6. The number of phenols is 1. The van der Waals surface area contributed by atoms with E-state index in [2.05, 4.69) is 10.2 Å². The first kappa shape index (κ1) is 19.3. The van der Waals surface area contributed by atoms with Crippen LogP contribution in [0.3, 0.4) is 0 Å². The van der Waals surface area contributed by atoms with Crippen LogP contribution in [0.1, 0.15) is 34.6 Å². The van der Waals surface area contributed by atoms with Crippen molar-refractivity contribution in [2.24, 2.45) is 5.92 Å². The minimum atomic E-state index is -2.99. The normalized spacial score (nSPS) is 18.5. The number of H-pyrrole nitrogens is 1. The highest BCUT2D eigenvalue weighted by molar-refractivity contribution is 7.91. The number of aromatic amines is 1. The van der Waals surface area contributed by atoms with Crippen LogP contribution in [0.2, 0.25) is 0 Å². The predicted octanol–water partition coefficient (Wildman–Crippen LogP) is 2.03. The van der Waals surface area contributed by atoms with E-state index in [0.717, 1.165) is 11.8 Å². The number of carbonyl (C=O) groups excluding carboxylic acids is 1. The Morgan fingerprint density at radius 2 is 2.19 bits per heavy atom. The number of sulfone groups is 1. The van der Waals surface area contributed by atoms with Crippen molar-refractivity contribution < 1.29 is 22.7 Å². The second-order valence-electron chi connectivity index (χ2n) is 7.00. The third-order valence-corrected chi connectivity index (χ3v) is 6.58. The third-order valence-electron chi connectivity index (χ3n) is 4.74. The molecule has 1 aromatic heterocycles. The summed E-state index contributed by atoms with van der Waals surface area (Å²) in [5.74, 6) is -0.841. The third kappa shape index (κ3) is 4.85. The smallest absolute Gasteiger partial charge is 0.274 e. The van der Waals surface area contributed by atoms with Gasteiger partial charge in [0.15, 0.2) is 9.84 Å². The molecule has 1 fully saturated rings. The maximum absolute atomic E-state index is 14.1. The van der Waals surface area contributed by atoms with E-state index in [4.69, 9.17) is 0 Å². The first-order valence-corrected chi connectivity index (χ1v) is 10.5. The van der Waals surface area contributed by atoms with Crippen molar-refractivity contribution in [2.75, 3.05) is 18.1 Å². The van der Waals surface area contributed by atoms with Gasteiger partial charge in [0.05, 0.1) is 11.5 Å². The van der Waals surface area contributed by atoms with Crippen molar-refractivity contribution >= 4 is 15.7 Å². The molecule has 3 rings (SSSR count). The molecule has 146 valence electrons. The number of aryl methyl sites for hydroxylation is 1. The minimum absolute atomic E-state index is 0.00381. The van der Waals surface area contributed by atoms with Gasteiger partial charge in [-0.3, -0.25) is 9.89 Å². The second-order valence-corrected chi connectivity index (χ2v) is 9.23. The van der Waals surface area contributed by atoms with Crippen molar-refractivity contribution in [1.29, 1.82) is 0 Å². The van der Waals surface area contributed by atoms with Crippen LogP contribution in [0.25, 0.3) is 0 Å². The lowest BCUT2D eigenvalue weighted by Crippen LogP contribution is -2.33. The van der Waals surface area contributed by atoms with E-state index >= 15 is 0 Å². The number of aromatic hydroxyl groups is 1. The van der Waals surface area contributed by atoms with Crippen molar-refractivity contribution in [3.63, 3.8) is 0 Å². The van der Waals surface area contributed by atoms with Gasteiger partial charge < -0.3 is 10.0 Å². The molecule has 1 atom stereocenters. The molecule has 1 aliphatic heterocycles. The molecular weight excluding hydrogens is 373 g/mol. The van der Waals surface area contributed by atoms with Gasteiger partial charge in [-0.25, -0.2) is 12.8 Å². The van der Waals surface area contributed by atoms with E-state index in [1.165, 1.54) is 17.0 Å². The highest BCUT2D eigenvalue weighted by Crippen LogP contribution is 2.23. The molecular formula is C18H22FN3O4S. The fourth-order valence-electron chi connectivity index (χ4n) is 3.25. The zero-order chi connectivity index (χ0) is 19.6. The maximum Gasteiger partial charge on any atom is 0.274 e. The van der Waals surface area contributed by atoms with Gasteiger partial charge in [-0.2, -0.15) is 5.10 Å². The standard InChI is InChI=1S/C18H22FN3O4S/c1-12-8-17(21-20-12)18(24)22(6-4-13-5-7-27(25,26)11-13)10-14-2-3-15(23)9-16(14)19/h2-3,8-9,13,23H,4-7,10-11H2,1H3,(H,20,21). The lowest BCUT2D eigenvalue weighted by Gasteiger charge is -2.23. The number of benzene rings is 1. The summed E-state index contributed by atoms with van der Waals surface area (Å²) < 4.78 is 37.4. The Balaban J connectivity index is 1.76. The summed E-state index contributed by atoms with van der Waals surface area (Å²) in [4.78, 5) is 14.3. The number of phenolic OH excluding ortho intramolecular Hbond substituents is 1. The molecule has 7 nitrogen and oxygen atoms in total. The summed E-state index contributed by atoms with van der Waals surface area (Å²) in [7, 11) is -2.99. The van der Waals surface area contributed by atoms with Crippen LogP contribution in [0, 0.1) is 18.7 Å². The van der Waals surface area contributed by atoms with Crippen LogP contribution in [0.5, 0.6) is 5.75 Å². The van der Waals surface area contributed by atoms with Crippen LogP contribution < -0.4 is 0 Å². The van der Waals surface area contributed by atoms with E-state index in [-0.39, 0.29) is 46.9 Å². The number of nitrogens with one attached hydrogen (secondary N) is 1. The number of carbonyl (C=O) groups is 1. The number of aromatic nitrogens is 2. The highest BCUT2D eigenvalue weighted by Gasteiger charge is 2.29. The van der Waals surface area contributed by atoms with Gasteiger partial charge in [-0.1, -0.05) is 6.07 Å². The molecule has 1 aromatic carbocycles. The van der Waals surface area contributed by atoms with E-state index < -0.39 is 15.7 Å². The molecule has 1 unspecified atom stereocenters. The Hall–Kier alpha value is -2.42. The topological polar surface area (TPSA) is 103 Å². The lowest BCUT2D eigenvalue weighted by atomic mass is 10.0. The maximum atomic E-state index is 14.1. The average molecular weight is 395 g/mol. The number of amides is 1. The number of nitrogens with zero attached hydrogens (tertiary/aromatic N) is 2.